The summed E-state index contributed by atoms with van der Waals surface area (Å²) in [5, 5.41) is 9.66. The molecule has 0 saturated heterocycles. The first-order valence-corrected chi connectivity index (χ1v) is 8.63. The topological polar surface area (TPSA) is 80.0 Å². The highest BCUT2D eigenvalue weighted by Crippen LogP contribution is 2.25. The Labute approximate surface area is 152 Å². The predicted molar refractivity (Wildman–Crippen MR) is 102 cm³/mol. The van der Waals surface area contributed by atoms with Crippen molar-refractivity contribution in [2.75, 3.05) is 11.9 Å². The van der Waals surface area contributed by atoms with E-state index in [2.05, 4.69) is 26.8 Å². The SMILES string of the molecule is CCCNC(=O)Nc1cccc(-c2noc(-c3cc(C)cc(C)c3)n2)c1. The van der Waals surface area contributed by atoms with Gasteiger partial charge in [-0.05, 0) is 44.5 Å². The van der Waals surface area contributed by atoms with Crippen LogP contribution in [0.3, 0.4) is 0 Å². The van der Waals surface area contributed by atoms with E-state index in [1.165, 1.54) is 0 Å². The summed E-state index contributed by atoms with van der Waals surface area (Å²) in [6, 6.07) is 13.3. The second-order valence-electron chi connectivity index (χ2n) is 6.26. The summed E-state index contributed by atoms with van der Waals surface area (Å²) < 4.78 is 5.43. The van der Waals surface area contributed by atoms with Gasteiger partial charge in [-0.2, -0.15) is 4.98 Å². The summed E-state index contributed by atoms with van der Waals surface area (Å²) in [5.41, 5.74) is 4.63. The molecule has 3 rings (SSSR count). The van der Waals surface area contributed by atoms with E-state index >= 15 is 0 Å². The van der Waals surface area contributed by atoms with Crippen molar-refractivity contribution in [2.24, 2.45) is 0 Å². The van der Waals surface area contributed by atoms with E-state index in [0.29, 0.717) is 23.9 Å². The van der Waals surface area contributed by atoms with E-state index in [-0.39, 0.29) is 6.03 Å². The first-order valence-electron chi connectivity index (χ1n) is 8.63. The molecule has 6 heteroatoms. The minimum absolute atomic E-state index is 0.229. The average molecular weight is 350 g/mol. The molecule has 0 spiro atoms. The summed E-state index contributed by atoms with van der Waals surface area (Å²) in [5.74, 6) is 0.961. The van der Waals surface area contributed by atoms with Crippen LogP contribution < -0.4 is 10.6 Å². The Balaban J connectivity index is 1.81. The fraction of sp³-hybridized carbons (Fsp3) is 0.250. The minimum Gasteiger partial charge on any atom is -0.338 e. The predicted octanol–water partition coefficient (Wildman–Crippen LogP) is 4.55. The fourth-order valence-electron chi connectivity index (χ4n) is 2.71. The van der Waals surface area contributed by atoms with Gasteiger partial charge in [-0.25, -0.2) is 4.79 Å². The molecule has 2 N–H and O–H groups in total. The number of hydrogen-bond acceptors (Lipinski definition) is 4. The van der Waals surface area contributed by atoms with Crippen LogP contribution in [0.2, 0.25) is 0 Å². The summed E-state index contributed by atoms with van der Waals surface area (Å²) in [4.78, 5) is 16.3. The van der Waals surface area contributed by atoms with Crippen molar-refractivity contribution < 1.29 is 9.32 Å². The Morgan fingerprint density at radius 3 is 2.58 bits per heavy atom. The van der Waals surface area contributed by atoms with Gasteiger partial charge in [0.1, 0.15) is 0 Å². The van der Waals surface area contributed by atoms with Gasteiger partial charge in [0, 0.05) is 23.4 Å². The van der Waals surface area contributed by atoms with Crippen LogP contribution in [-0.4, -0.2) is 22.7 Å². The molecule has 0 fully saturated rings. The zero-order valence-corrected chi connectivity index (χ0v) is 15.2. The van der Waals surface area contributed by atoms with Gasteiger partial charge in [-0.3, -0.25) is 0 Å². The molecular weight excluding hydrogens is 328 g/mol. The molecule has 2 aromatic carbocycles. The highest BCUT2D eigenvalue weighted by atomic mass is 16.5. The highest BCUT2D eigenvalue weighted by Gasteiger charge is 2.12. The standard InChI is InChI=1S/C20H22N4O2/c1-4-8-21-20(25)22-17-7-5-6-15(12-17)18-23-19(26-24-18)16-10-13(2)9-14(3)11-16/h5-7,9-12H,4,8H2,1-3H3,(H2,21,22,25). The van der Waals surface area contributed by atoms with Crippen LogP contribution >= 0.6 is 0 Å². The lowest BCUT2D eigenvalue weighted by molar-refractivity contribution is 0.252. The second kappa shape index (κ2) is 7.82. The molecule has 6 nitrogen and oxygen atoms in total. The maximum absolute atomic E-state index is 11.8. The third-order valence-corrected chi connectivity index (χ3v) is 3.81. The van der Waals surface area contributed by atoms with Gasteiger partial charge in [-0.15, -0.1) is 0 Å². The minimum atomic E-state index is -0.229. The van der Waals surface area contributed by atoms with Crippen LogP contribution in [-0.2, 0) is 0 Å². The molecule has 2 amide bonds. The van der Waals surface area contributed by atoms with Gasteiger partial charge in [-0.1, -0.05) is 41.4 Å². The number of carbonyl (C=O) groups excluding carboxylic acids is 1. The van der Waals surface area contributed by atoms with Crippen LogP contribution in [0.25, 0.3) is 22.8 Å². The molecule has 1 aromatic heterocycles. The van der Waals surface area contributed by atoms with Crippen molar-refractivity contribution in [3.05, 3.63) is 53.6 Å². The number of benzene rings is 2. The highest BCUT2D eigenvalue weighted by molar-refractivity contribution is 5.89. The van der Waals surface area contributed by atoms with Gasteiger partial charge >= 0.3 is 6.03 Å². The zero-order chi connectivity index (χ0) is 18.5. The Morgan fingerprint density at radius 1 is 1.08 bits per heavy atom. The smallest absolute Gasteiger partial charge is 0.319 e. The number of aromatic nitrogens is 2. The van der Waals surface area contributed by atoms with E-state index in [1.54, 1.807) is 0 Å². The van der Waals surface area contributed by atoms with Crippen LogP contribution in [0, 0.1) is 13.8 Å². The van der Waals surface area contributed by atoms with Crippen molar-refractivity contribution in [3.8, 4) is 22.8 Å². The van der Waals surface area contributed by atoms with Gasteiger partial charge in [0.25, 0.3) is 5.89 Å². The van der Waals surface area contributed by atoms with Crippen molar-refractivity contribution in [3.63, 3.8) is 0 Å². The van der Waals surface area contributed by atoms with E-state index in [9.17, 15) is 4.79 Å². The quantitative estimate of drug-likeness (QED) is 0.707. The number of nitrogens with one attached hydrogen (secondary N) is 2. The fourth-order valence-corrected chi connectivity index (χ4v) is 2.71. The van der Waals surface area contributed by atoms with Gasteiger partial charge < -0.3 is 15.2 Å². The largest absolute Gasteiger partial charge is 0.338 e. The molecule has 0 saturated carbocycles. The summed E-state index contributed by atoms with van der Waals surface area (Å²) in [6.07, 6.45) is 0.886. The molecule has 0 bridgehead atoms. The average Bonchev–Trinajstić information content (AvgIpc) is 3.09. The number of aryl methyl sites for hydroxylation is 2. The molecule has 3 aromatic rings. The molecule has 1 heterocycles. The van der Waals surface area contributed by atoms with Crippen molar-refractivity contribution in [1.82, 2.24) is 15.5 Å². The lowest BCUT2D eigenvalue weighted by Crippen LogP contribution is -2.29. The second-order valence-corrected chi connectivity index (χ2v) is 6.26. The Hall–Kier alpha value is -3.15. The Morgan fingerprint density at radius 2 is 1.85 bits per heavy atom. The number of carbonyl (C=O) groups is 1. The third-order valence-electron chi connectivity index (χ3n) is 3.81. The number of rotatable bonds is 5. The van der Waals surface area contributed by atoms with E-state index < -0.39 is 0 Å². The molecule has 134 valence electrons. The number of nitrogens with zero attached hydrogens (tertiary/aromatic N) is 2. The zero-order valence-electron chi connectivity index (χ0n) is 15.2. The van der Waals surface area contributed by atoms with Crippen molar-refractivity contribution >= 4 is 11.7 Å². The monoisotopic (exact) mass is 350 g/mol. The molecule has 0 aliphatic rings. The molecule has 0 atom stereocenters. The first kappa shape index (κ1) is 17.7. The molecular formula is C20H22N4O2. The molecule has 0 aliphatic carbocycles. The molecule has 0 radical (unpaired) electrons. The third kappa shape index (κ3) is 4.27. The summed E-state index contributed by atoms with van der Waals surface area (Å²) in [7, 11) is 0. The van der Waals surface area contributed by atoms with Crippen LogP contribution in [0.4, 0.5) is 10.5 Å². The number of urea groups is 1. The van der Waals surface area contributed by atoms with Crippen molar-refractivity contribution in [1.29, 1.82) is 0 Å². The van der Waals surface area contributed by atoms with Crippen LogP contribution in [0.5, 0.6) is 0 Å². The van der Waals surface area contributed by atoms with Gasteiger partial charge in [0.05, 0.1) is 0 Å². The normalized spacial score (nSPS) is 10.6. The lowest BCUT2D eigenvalue weighted by Gasteiger charge is -2.07. The van der Waals surface area contributed by atoms with E-state index in [0.717, 1.165) is 28.7 Å². The first-order chi connectivity index (χ1) is 12.5. The number of hydrogen-bond donors (Lipinski definition) is 2. The van der Waals surface area contributed by atoms with E-state index in [4.69, 9.17) is 4.52 Å². The molecule has 26 heavy (non-hydrogen) atoms. The number of anilines is 1. The molecule has 0 unspecified atom stereocenters. The van der Waals surface area contributed by atoms with Crippen LogP contribution in [0.15, 0.2) is 47.0 Å². The maximum atomic E-state index is 11.8. The van der Waals surface area contributed by atoms with Gasteiger partial charge in [0.2, 0.25) is 5.82 Å². The number of amides is 2. The molecule has 0 aliphatic heterocycles. The van der Waals surface area contributed by atoms with Crippen molar-refractivity contribution in [2.45, 2.75) is 27.2 Å². The van der Waals surface area contributed by atoms with Crippen LogP contribution in [0.1, 0.15) is 24.5 Å². The lowest BCUT2D eigenvalue weighted by atomic mass is 10.1. The Kier molecular flexibility index (Phi) is 5.31. The summed E-state index contributed by atoms with van der Waals surface area (Å²) in [6.45, 7) is 6.71. The van der Waals surface area contributed by atoms with Gasteiger partial charge in [0.15, 0.2) is 0 Å². The summed E-state index contributed by atoms with van der Waals surface area (Å²) >= 11 is 0. The maximum Gasteiger partial charge on any atom is 0.319 e. The Bertz CT molecular complexity index is 897. The van der Waals surface area contributed by atoms with E-state index in [1.807, 2.05) is 57.2 Å².